The molecule has 0 aromatic carbocycles. The Balaban J connectivity index is 1.88. The minimum Gasteiger partial charge on any atom is -0.297 e. The summed E-state index contributed by atoms with van der Waals surface area (Å²) in [7, 11) is -1.67. The first-order chi connectivity index (χ1) is 8.98. The van der Waals surface area contributed by atoms with Gasteiger partial charge in [0.1, 0.15) is 4.90 Å². The van der Waals surface area contributed by atoms with Crippen molar-refractivity contribution in [2.24, 2.45) is 7.05 Å². The molecular weight excluding hydrogens is 264 g/mol. The molecule has 0 aliphatic carbocycles. The molecule has 7 heteroatoms. The minimum absolute atomic E-state index is 0.0274. The molecule has 0 saturated carbocycles. The molecule has 1 aromatic heterocycles. The Hall–Kier alpha value is -0.920. The lowest BCUT2D eigenvalue weighted by atomic mass is 10.1. The average molecular weight is 284 g/mol. The smallest absolute Gasteiger partial charge is 0.246 e. The van der Waals surface area contributed by atoms with Crippen LogP contribution in [0.5, 0.6) is 0 Å². The van der Waals surface area contributed by atoms with Crippen LogP contribution in [0.4, 0.5) is 0 Å². The number of hydrogen-bond donors (Lipinski definition) is 0. The van der Waals surface area contributed by atoms with Gasteiger partial charge < -0.3 is 0 Å². The van der Waals surface area contributed by atoms with Crippen LogP contribution in [0.25, 0.3) is 0 Å². The first kappa shape index (κ1) is 13.1. The quantitative estimate of drug-likeness (QED) is 0.782. The highest BCUT2D eigenvalue weighted by Crippen LogP contribution is 2.28. The van der Waals surface area contributed by atoms with Gasteiger partial charge in [0.05, 0.1) is 6.20 Å². The summed E-state index contributed by atoms with van der Waals surface area (Å²) >= 11 is 0. The van der Waals surface area contributed by atoms with E-state index in [0.717, 1.165) is 19.5 Å². The van der Waals surface area contributed by atoms with E-state index in [9.17, 15) is 8.42 Å². The number of sulfonamides is 1. The van der Waals surface area contributed by atoms with Crippen LogP contribution in [-0.2, 0) is 17.1 Å². The normalized spacial score (nSPS) is 29.6. The Kier molecular flexibility index (Phi) is 3.15. The summed E-state index contributed by atoms with van der Waals surface area (Å²) in [5, 5.41) is 3.97. The van der Waals surface area contributed by atoms with E-state index in [1.807, 2.05) is 6.92 Å². The molecule has 2 saturated heterocycles. The molecular formula is C12H20N4O2S. The van der Waals surface area contributed by atoms with Crippen LogP contribution in [0.1, 0.15) is 19.8 Å². The van der Waals surface area contributed by atoms with E-state index in [1.54, 1.807) is 17.5 Å². The van der Waals surface area contributed by atoms with Crippen molar-refractivity contribution in [3.63, 3.8) is 0 Å². The molecule has 0 unspecified atom stereocenters. The zero-order valence-electron chi connectivity index (χ0n) is 11.4. The van der Waals surface area contributed by atoms with E-state index in [0.29, 0.717) is 17.5 Å². The molecule has 3 heterocycles. The number of hydrogen-bond acceptors (Lipinski definition) is 4. The molecule has 2 aliphatic heterocycles. The van der Waals surface area contributed by atoms with E-state index in [2.05, 4.69) is 10.00 Å². The van der Waals surface area contributed by atoms with Gasteiger partial charge in [-0.1, -0.05) is 0 Å². The predicted octanol–water partition coefficient (Wildman–Crippen LogP) is 0.277. The maximum absolute atomic E-state index is 12.7. The van der Waals surface area contributed by atoms with Crippen LogP contribution in [-0.4, -0.2) is 59.1 Å². The number of aryl methyl sites for hydroxylation is 1. The third-order valence-corrected chi connectivity index (χ3v) is 6.10. The molecule has 0 radical (unpaired) electrons. The zero-order chi connectivity index (χ0) is 13.6. The number of rotatable bonds is 2. The fourth-order valence-corrected chi connectivity index (χ4v) is 4.81. The molecule has 0 spiro atoms. The number of aromatic nitrogens is 2. The predicted molar refractivity (Wildman–Crippen MR) is 71.2 cm³/mol. The first-order valence-electron chi connectivity index (χ1n) is 6.73. The summed E-state index contributed by atoms with van der Waals surface area (Å²) in [4.78, 5) is 2.72. The second-order valence-electron chi connectivity index (χ2n) is 5.56. The fourth-order valence-electron chi connectivity index (χ4n) is 3.16. The Morgan fingerprint density at radius 2 is 2.16 bits per heavy atom. The molecule has 0 N–H and O–H groups in total. The van der Waals surface area contributed by atoms with Gasteiger partial charge in [-0.05, 0) is 26.3 Å². The van der Waals surface area contributed by atoms with Crippen molar-refractivity contribution in [3.8, 4) is 0 Å². The van der Waals surface area contributed by atoms with Gasteiger partial charge in [0.15, 0.2) is 0 Å². The molecule has 106 valence electrons. The topological polar surface area (TPSA) is 58.4 Å². The molecule has 6 nitrogen and oxygen atoms in total. The van der Waals surface area contributed by atoms with Crippen molar-refractivity contribution in [2.75, 3.05) is 19.6 Å². The van der Waals surface area contributed by atoms with E-state index in [-0.39, 0.29) is 6.04 Å². The average Bonchev–Trinajstić information content (AvgIpc) is 2.96. The molecule has 3 rings (SSSR count). The summed E-state index contributed by atoms with van der Waals surface area (Å²) < 4.78 is 28.5. The summed E-state index contributed by atoms with van der Waals surface area (Å²) in [5.74, 6) is 0. The van der Waals surface area contributed by atoms with Crippen molar-refractivity contribution < 1.29 is 8.42 Å². The van der Waals surface area contributed by atoms with E-state index in [4.69, 9.17) is 0 Å². The van der Waals surface area contributed by atoms with Crippen LogP contribution in [0.15, 0.2) is 17.3 Å². The van der Waals surface area contributed by atoms with Gasteiger partial charge in [0.25, 0.3) is 0 Å². The Bertz CT molecular complexity index is 568. The highest BCUT2D eigenvalue weighted by atomic mass is 32.2. The molecule has 2 fully saturated rings. The van der Waals surface area contributed by atoms with Crippen LogP contribution in [0, 0.1) is 0 Å². The highest BCUT2D eigenvalue weighted by molar-refractivity contribution is 7.89. The van der Waals surface area contributed by atoms with Crippen molar-refractivity contribution in [1.29, 1.82) is 0 Å². The molecule has 2 aliphatic rings. The molecule has 0 bridgehead atoms. The van der Waals surface area contributed by atoms with E-state index in [1.165, 1.54) is 17.3 Å². The third kappa shape index (κ3) is 2.19. The van der Waals surface area contributed by atoms with Crippen molar-refractivity contribution >= 4 is 10.0 Å². The van der Waals surface area contributed by atoms with Crippen LogP contribution in [0.3, 0.4) is 0 Å². The SMILES string of the molecule is C[C@H]1CN2CCC[C@@H]2CN1S(=O)(=O)c1cnn(C)c1. The molecule has 2 atom stereocenters. The molecule has 19 heavy (non-hydrogen) atoms. The first-order valence-corrected chi connectivity index (χ1v) is 8.17. The molecule has 1 aromatic rings. The number of fused-ring (bicyclic) bond motifs is 1. The maximum atomic E-state index is 12.7. The van der Waals surface area contributed by atoms with Crippen molar-refractivity contribution in [3.05, 3.63) is 12.4 Å². The second-order valence-corrected chi connectivity index (χ2v) is 7.45. The summed E-state index contributed by atoms with van der Waals surface area (Å²) in [6.45, 7) is 4.54. The van der Waals surface area contributed by atoms with Crippen LogP contribution >= 0.6 is 0 Å². The van der Waals surface area contributed by atoms with Crippen LogP contribution in [0.2, 0.25) is 0 Å². The minimum atomic E-state index is -3.41. The second kappa shape index (κ2) is 4.57. The highest BCUT2D eigenvalue weighted by Gasteiger charge is 2.40. The van der Waals surface area contributed by atoms with E-state index < -0.39 is 10.0 Å². The monoisotopic (exact) mass is 284 g/mol. The van der Waals surface area contributed by atoms with E-state index >= 15 is 0 Å². The lowest BCUT2D eigenvalue weighted by Crippen LogP contribution is -2.56. The van der Waals surface area contributed by atoms with Gasteiger partial charge in [0, 0.05) is 38.4 Å². The molecule has 0 amide bonds. The van der Waals surface area contributed by atoms with Gasteiger partial charge in [-0.2, -0.15) is 9.40 Å². The van der Waals surface area contributed by atoms with Crippen molar-refractivity contribution in [2.45, 2.75) is 36.7 Å². The Labute approximate surface area is 114 Å². The number of nitrogens with zero attached hydrogens (tertiary/aromatic N) is 4. The van der Waals surface area contributed by atoms with Crippen LogP contribution < -0.4 is 0 Å². The Morgan fingerprint density at radius 3 is 2.84 bits per heavy atom. The fraction of sp³-hybridized carbons (Fsp3) is 0.750. The number of piperazine rings is 1. The zero-order valence-corrected chi connectivity index (χ0v) is 12.2. The third-order valence-electron chi connectivity index (χ3n) is 4.17. The van der Waals surface area contributed by atoms with Gasteiger partial charge >= 0.3 is 0 Å². The lowest BCUT2D eigenvalue weighted by molar-refractivity contribution is 0.117. The Morgan fingerprint density at radius 1 is 1.37 bits per heavy atom. The van der Waals surface area contributed by atoms with Gasteiger partial charge in [-0.15, -0.1) is 0 Å². The summed E-state index contributed by atoms with van der Waals surface area (Å²) in [5.41, 5.74) is 0. The van der Waals surface area contributed by atoms with Crippen molar-refractivity contribution in [1.82, 2.24) is 19.0 Å². The summed E-state index contributed by atoms with van der Waals surface area (Å²) in [6, 6.07) is 0.419. The van der Waals surface area contributed by atoms with Gasteiger partial charge in [-0.3, -0.25) is 9.58 Å². The lowest BCUT2D eigenvalue weighted by Gasteiger charge is -2.41. The van der Waals surface area contributed by atoms with Gasteiger partial charge in [-0.25, -0.2) is 8.42 Å². The summed E-state index contributed by atoms with van der Waals surface area (Å²) in [6.07, 6.45) is 5.29. The largest absolute Gasteiger partial charge is 0.297 e. The standard InChI is InChI=1S/C12H20N4O2S/c1-10-7-15-5-3-4-11(15)8-16(10)19(17,18)12-6-13-14(2)9-12/h6,9-11H,3-5,7-8H2,1-2H3/t10-,11+/m0/s1. The maximum Gasteiger partial charge on any atom is 0.246 e. The van der Waals surface area contributed by atoms with Gasteiger partial charge in [0.2, 0.25) is 10.0 Å².